The molecule has 1 N–H and O–H groups in total. The minimum Gasteiger partial charge on any atom is -0.457 e. The lowest BCUT2D eigenvalue weighted by Gasteiger charge is -2.20. The molecule has 0 aliphatic carbocycles. The van der Waals surface area contributed by atoms with E-state index in [4.69, 9.17) is 9.16 Å². The first-order valence-electron chi connectivity index (χ1n) is 12.7. The number of carbonyl (C=O) groups is 1. The molecule has 0 atom stereocenters. The van der Waals surface area contributed by atoms with Crippen LogP contribution >= 0.6 is 0 Å². The van der Waals surface area contributed by atoms with Gasteiger partial charge in [0.05, 0.1) is 12.2 Å². The van der Waals surface area contributed by atoms with Crippen molar-refractivity contribution in [2.24, 2.45) is 0 Å². The molecule has 0 unspecified atom stereocenters. The van der Waals surface area contributed by atoms with Crippen LogP contribution in [-0.4, -0.2) is 21.4 Å². The SMILES string of the molecule is CC(C)(C)c1[nH]c2cc(-c3ccccc3)c(-c3ccccc3)c(C(=O)OCc3ccccc3)c2c1CO[Si]. The minimum absolute atomic E-state index is 0.186. The summed E-state index contributed by atoms with van der Waals surface area (Å²) in [5.41, 5.74) is 7.88. The number of nitrogens with one attached hydrogen (secondary N) is 1. The lowest BCUT2D eigenvalue weighted by molar-refractivity contribution is 0.0476. The van der Waals surface area contributed by atoms with Crippen LogP contribution in [0.3, 0.4) is 0 Å². The number of aromatic nitrogens is 1. The molecule has 0 bridgehead atoms. The first kappa shape index (κ1) is 25.7. The van der Waals surface area contributed by atoms with E-state index < -0.39 is 0 Å². The van der Waals surface area contributed by atoms with Crippen molar-refractivity contribution in [1.82, 2.24) is 4.98 Å². The predicted molar refractivity (Wildman–Crippen MR) is 154 cm³/mol. The Bertz CT molecular complexity index is 1550. The highest BCUT2D eigenvalue weighted by Crippen LogP contribution is 2.43. The summed E-state index contributed by atoms with van der Waals surface area (Å²) in [6.07, 6.45) is 0. The molecule has 0 amide bonds. The molecule has 0 spiro atoms. The zero-order chi connectivity index (χ0) is 26.7. The van der Waals surface area contributed by atoms with Gasteiger partial charge in [-0.2, -0.15) is 0 Å². The summed E-state index contributed by atoms with van der Waals surface area (Å²) >= 11 is 0. The summed E-state index contributed by atoms with van der Waals surface area (Å²) in [5, 5.41) is 0.824. The van der Waals surface area contributed by atoms with Crippen molar-refractivity contribution in [2.75, 3.05) is 0 Å². The number of hydrogen-bond donors (Lipinski definition) is 1. The van der Waals surface area contributed by atoms with Gasteiger partial charge >= 0.3 is 5.97 Å². The summed E-state index contributed by atoms with van der Waals surface area (Å²) in [6.45, 7) is 6.93. The predicted octanol–water partition coefficient (Wildman–Crippen LogP) is 7.76. The summed E-state index contributed by atoms with van der Waals surface area (Å²) in [6, 6.07) is 32.1. The summed E-state index contributed by atoms with van der Waals surface area (Å²) < 4.78 is 11.5. The molecule has 4 nitrogen and oxygen atoms in total. The van der Waals surface area contributed by atoms with Gasteiger partial charge in [0.25, 0.3) is 0 Å². The van der Waals surface area contributed by atoms with Gasteiger partial charge in [-0.3, -0.25) is 0 Å². The van der Waals surface area contributed by atoms with E-state index in [9.17, 15) is 4.79 Å². The molecule has 5 aromatic rings. The maximum atomic E-state index is 14.1. The fraction of sp³-hybridized carbons (Fsp3) is 0.182. The Morgan fingerprint density at radius 2 is 1.39 bits per heavy atom. The van der Waals surface area contributed by atoms with Crippen LogP contribution in [0.2, 0.25) is 0 Å². The molecule has 189 valence electrons. The topological polar surface area (TPSA) is 51.3 Å². The second-order valence-corrected chi connectivity index (χ2v) is 10.7. The maximum absolute atomic E-state index is 14.1. The highest BCUT2D eigenvalue weighted by atomic mass is 28.2. The van der Waals surface area contributed by atoms with Crippen molar-refractivity contribution >= 4 is 27.4 Å². The van der Waals surface area contributed by atoms with E-state index >= 15 is 0 Å². The van der Waals surface area contributed by atoms with Crippen LogP contribution < -0.4 is 0 Å². The lowest BCUT2D eigenvalue weighted by Crippen LogP contribution is -2.15. The zero-order valence-corrected chi connectivity index (χ0v) is 22.9. The van der Waals surface area contributed by atoms with Crippen LogP contribution in [0.5, 0.6) is 0 Å². The number of fused-ring (bicyclic) bond motifs is 1. The van der Waals surface area contributed by atoms with Crippen molar-refractivity contribution in [3.8, 4) is 22.3 Å². The third-order valence-corrected chi connectivity index (χ3v) is 6.87. The summed E-state index contributed by atoms with van der Waals surface area (Å²) in [7, 11) is 3.22. The van der Waals surface area contributed by atoms with Crippen LogP contribution in [0.4, 0.5) is 0 Å². The third-order valence-electron chi connectivity index (χ3n) is 6.72. The Labute approximate surface area is 227 Å². The number of carbonyl (C=O) groups excluding carboxylic acids is 1. The Morgan fingerprint density at radius 3 is 1.97 bits per heavy atom. The highest BCUT2D eigenvalue weighted by Gasteiger charge is 2.30. The van der Waals surface area contributed by atoms with Crippen molar-refractivity contribution in [2.45, 2.75) is 39.4 Å². The molecule has 1 heterocycles. The molecular formula is C33H30NO3Si. The van der Waals surface area contributed by atoms with Gasteiger partial charge in [0.2, 0.25) is 10.5 Å². The normalized spacial score (nSPS) is 11.6. The van der Waals surface area contributed by atoms with E-state index in [0.717, 1.165) is 50.0 Å². The van der Waals surface area contributed by atoms with Crippen LogP contribution in [-0.2, 0) is 27.8 Å². The number of aromatic amines is 1. The molecule has 0 saturated heterocycles. The molecule has 5 rings (SSSR count). The molecular weight excluding hydrogens is 486 g/mol. The Kier molecular flexibility index (Phi) is 7.32. The monoisotopic (exact) mass is 516 g/mol. The molecule has 4 aromatic carbocycles. The van der Waals surface area contributed by atoms with E-state index in [0.29, 0.717) is 12.2 Å². The fourth-order valence-corrected chi connectivity index (χ4v) is 5.18. The number of esters is 1. The average molecular weight is 517 g/mol. The van der Waals surface area contributed by atoms with Gasteiger partial charge in [0.1, 0.15) is 6.61 Å². The molecule has 0 aliphatic heterocycles. The Hall–Kier alpha value is -3.93. The standard InChI is InChI=1S/C33H30NO3Si/c1-33(2,3)31-26(21-37-38)29-27(34-31)19-25(23-15-9-5-10-16-23)28(24-17-11-6-12-18-24)30(29)32(35)36-20-22-13-7-4-8-14-22/h4-19,34H,20-21H2,1-3H3. The number of hydrogen-bond acceptors (Lipinski definition) is 3. The van der Waals surface area contributed by atoms with Crippen molar-refractivity contribution in [1.29, 1.82) is 0 Å². The smallest absolute Gasteiger partial charge is 0.339 e. The van der Waals surface area contributed by atoms with E-state index in [1.54, 1.807) is 0 Å². The number of rotatable bonds is 7. The molecule has 3 radical (unpaired) electrons. The summed E-state index contributed by atoms with van der Waals surface area (Å²) in [4.78, 5) is 17.8. The maximum Gasteiger partial charge on any atom is 0.339 e. The quantitative estimate of drug-likeness (QED) is 0.178. The minimum atomic E-state index is -0.370. The third kappa shape index (κ3) is 5.08. The van der Waals surface area contributed by atoms with Crippen molar-refractivity contribution in [3.63, 3.8) is 0 Å². The van der Waals surface area contributed by atoms with Gasteiger partial charge in [-0.1, -0.05) is 112 Å². The zero-order valence-electron chi connectivity index (χ0n) is 21.9. The van der Waals surface area contributed by atoms with Crippen molar-refractivity contribution in [3.05, 3.63) is 119 Å². The van der Waals surface area contributed by atoms with E-state index in [1.807, 2.05) is 78.9 Å². The van der Waals surface area contributed by atoms with Gasteiger partial charge in [-0.05, 0) is 28.3 Å². The second-order valence-electron chi connectivity index (χ2n) is 10.4. The first-order chi connectivity index (χ1) is 18.4. The van der Waals surface area contributed by atoms with Gasteiger partial charge in [-0.15, -0.1) is 0 Å². The highest BCUT2D eigenvalue weighted by molar-refractivity contribution is 6.15. The van der Waals surface area contributed by atoms with Crippen LogP contribution in [0.1, 0.15) is 48.0 Å². The van der Waals surface area contributed by atoms with E-state index in [-0.39, 0.29) is 18.0 Å². The van der Waals surface area contributed by atoms with Gasteiger partial charge in [-0.25, -0.2) is 4.79 Å². The molecule has 1 aromatic heterocycles. The number of H-pyrrole nitrogens is 1. The molecule has 0 fully saturated rings. The van der Waals surface area contributed by atoms with Gasteiger partial charge < -0.3 is 14.1 Å². The molecule has 5 heteroatoms. The fourth-order valence-electron chi connectivity index (χ4n) is 5.04. The second kappa shape index (κ2) is 10.8. The Balaban J connectivity index is 1.84. The van der Waals surface area contributed by atoms with Crippen LogP contribution in [0, 0.1) is 0 Å². The number of ether oxygens (including phenoxy) is 1. The Morgan fingerprint density at radius 1 is 0.816 bits per heavy atom. The van der Waals surface area contributed by atoms with Crippen LogP contribution in [0.15, 0.2) is 97.1 Å². The molecule has 38 heavy (non-hydrogen) atoms. The van der Waals surface area contributed by atoms with Gasteiger partial charge in [0, 0.05) is 33.1 Å². The van der Waals surface area contributed by atoms with Crippen LogP contribution in [0.25, 0.3) is 33.2 Å². The van der Waals surface area contributed by atoms with Gasteiger partial charge in [0.15, 0.2) is 0 Å². The van der Waals surface area contributed by atoms with E-state index in [1.165, 1.54) is 0 Å². The molecule has 0 saturated carbocycles. The summed E-state index contributed by atoms with van der Waals surface area (Å²) in [5.74, 6) is -0.370. The van der Waals surface area contributed by atoms with Crippen molar-refractivity contribution < 1.29 is 14.0 Å². The number of benzene rings is 4. The molecule has 0 aliphatic rings. The first-order valence-corrected chi connectivity index (χ1v) is 13.1. The average Bonchev–Trinajstić information content (AvgIpc) is 3.31. The largest absolute Gasteiger partial charge is 0.457 e. The van der Waals surface area contributed by atoms with E-state index in [2.05, 4.69) is 54.4 Å². The lowest BCUT2D eigenvalue weighted by atomic mass is 9.85.